The predicted molar refractivity (Wildman–Crippen MR) is 72.9 cm³/mol. The molecule has 3 nitrogen and oxygen atoms in total. The number of nitrogens with one attached hydrogen (secondary N) is 1. The van der Waals surface area contributed by atoms with Crippen molar-refractivity contribution in [3.05, 3.63) is 29.3 Å². The Hall–Kier alpha value is -1.06. The van der Waals surface area contributed by atoms with Crippen LogP contribution in [0.5, 0.6) is 5.75 Å². The molecule has 1 aromatic carbocycles. The Kier molecular flexibility index (Phi) is 3.52. The van der Waals surface area contributed by atoms with Crippen molar-refractivity contribution in [3.63, 3.8) is 0 Å². The van der Waals surface area contributed by atoms with Crippen LogP contribution in [-0.2, 0) is 6.54 Å². The molecular weight excluding hydrogens is 224 g/mol. The summed E-state index contributed by atoms with van der Waals surface area (Å²) < 4.78 is 5.84. The molecule has 1 N–H and O–H groups in total. The summed E-state index contributed by atoms with van der Waals surface area (Å²) in [6.45, 7) is 7.29. The second-order valence-electron chi connectivity index (χ2n) is 5.15. The Balaban J connectivity index is 1.96. The molecule has 0 aromatic heterocycles. The largest absolute Gasteiger partial charge is 0.494 e. The molecule has 1 aromatic rings. The topological polar surface area (TPSA) is 24.5 Å². The monoisotopic (exact) mass is 246 g/mol. The second kappa shape index (κ2) is 5.29. The summed E-state index contributed by atoms with van der Waals surface area (Å²) >= 11 is 0. The molecule has 2 aliphatic rings. The molecule has 0 spiro atoms. The molecule has 2 heterocycles. The third kappa shape index (κ3) is 2.13. The highest BCUT2D eigenvalue weighted by Crippen LogP contribution is 2.36. The van der Waals surface area contributed by atoms with Gasteiger partial charge in [0.2, 0.25) is 0 Å². The number of hydrogen-bond acceptors (Lipinski definition) is 3. The average Bonchev–Trinajstić information content (AvgIpc) is 2.92. The molecular formula is C15H22N2O. The number of nitrogens with zero attached hydrogens (tertiary/aromatic N) is 1. The van der Waals surface area contributed by atoms with Crippen molar-refractivity contribution in [1.82, 2.24) is 10.2 Å². The van der Waals surface area contributed by atoms with E-state index in [0.29, 0.717) is 6.04 Å². The fourth-order valence-corrected chi connectivity index (χ4v) is 3.21. The molecule has 0 aliphatic carbocycles. The summed E-state index contributed by atoms with van der Waals surface area (Å²) in [6.07, 6.45) is 2.67. The third-order valence-electron chi connectivity index (χ3n) is 4.02. The van der Waals surface area contributed by atoms with E-state index in [4.69, 9.17) is 4.74 Å². The first-order valence-electron chi connectivity index (χ1n) is 7.09. The van der Waals surface area contributed by atoms with Gasteiger partial charge in [0.15, 0.2) is 0 Å². The van der Waals surface area contributed by atoms with Crippen LogP contribution in [0.1, 0.15) is 36.9 Å². The number of rotatable bonds is 3. The van der Waals surface area contributed by atoms with E-state index in [-0.39, 0.29) is 0 Å². The molecule has 18 heavy (non-hydrogen) atoms. The second-order valence-corrected chi connectivity index (χ2v) is 5.15. The third-order valence-corrected chi connectivity index (χ3v) is 4.02. The van der Waals surface area contributed by atoms with E-state index < -0.39 is 0 Å². The molecule has 1 atom stereocenters. The maximum absolute atomic E-state index is 5.84. The van der Waals surface area contributed by atoms with Crippen molar-refractivity contribution in [1.29, 1.82) is 0 Å². The standard InChI is InChI=1S/C15H22N2O/c1-2-18-14-7-5-6-12-10-16-11-13(15(12)14)17-8-3-4-9-17/h5-7,13,16H,2-4,8-11H2,1H3/t13-/m0/s1. The number of benzene rings is 1. The molecule has 0 saturated carbocycles. The molecule has 3 rings (SSSR count). The quantitative estimate of drug-likeness (QED) is 0.886. The zero-order valence-corrected chi connectivity index (χ0v) is 11.1. The summed E-state index contributed by atoms with van der Waals surface area (Å²) in [5.41, 5.74) is 2.84. The van der Waals surface area contributed by atoms with Gasteiger partial charge in [-0.2, -0.15) is 0 Å². The van der Waals surface area contributed by atoms with Crippen LogP contribution in [0.15, 0.2) is 18.2 Å². The molecule has 0 radical (unpaired) electrons. The van der Waals surface area contributed by atoms with Gasteiger partial charge >= 0.3 is 0 Å². The lowest BCUT2D eigenvalue weighted by molar-refractivity contribution is 0.219. The Morgan fingerprint density at radius 1 is 1.33 bits per heavy atom. The number of hydrogen-bond donors (Lipinski definition) is 1. The van der Waals surface area contributed by atoms with Crippen molar-refractivity contribution >= 4 is 0 Å². The summed E-state index contributed by atoms with van der Waals surface area (Å²) in [4.78, 5) is 2.60. The van der Waals surface area contributed by atoms with Gasteiger partial charge in [0.25, 0.3) is 0 Å². The van der Waals surface area contributed by atoms with Gasteiger partial charge in [-0.1, -0.05) is 12.1 Å². The number of likely N-dealkylation sites (tertiary alicyclic amines) is 1. The highest BCUT2D eigenvalue weighted by atomic mass is 16.5. The van der Waals surface area contributed by atoms with Crippen LogP contribution in [0.2, 0.25) is 0 Å². The van der Waals surface area contributed by atoms with Crippen LogP contribution in [0.25, 0.3) is 0 Å². The SMILES string of the molecule is CCOc1cccc2c1[C@@H](N1CCCC1)CNC2. The lowest BCUT2D eigenvalue weighted by Gasteiger charge is -2.34. The maximum Gasteiger partial charge on any atom is 0.124 e. The smallest absolute Gasteiger partial charge is 0.124 e. The lowest BCUT2D eigenvalue weighted by atomic mass is 9.94. The maximum atomic E-state index is 5.84. The molecule has 0 bridgehead atoms. The Bertz CT molecular complexity index is 413. The molecule has 2 aliphatic heterocycles. The zero-order valence-electron chi connectivity index (χ0n) is 11.1. The van der Waals surface area contributed by atoms with E-state index in [0.717, 1.165) is 25.4 Å². The highest BCUT2D eigenvalue weighted by molar-refractivity contribution is 5.44. The average molecular weight is 246 g/mol. The van der Waals surface area contributed by atoms with Crippen molar-refractivity contribution in [2.45, 2.75) is 32.4 Å². The fraction of sp³-hybridized carbons (Fsp3) is 0.600. The van der Waals surface area contributed by atoms with Crippen molar-refractivity contribution in [3.8, 4) is 5.75 Å². The lowest BCUT2D eigenvalue weighted by Crippen LogP contribution is -2.38. The van der Waals surface area contributed by atoms with Gasteiger partial charge in [0.05, 0.1) is 12.6 Å². The van der Waals surface area contributed by atoms with Gasteiger partial charge in [-0.05, 0) is 44.5 Å². The molecule has 98 valence electrons. The normalized spacial score (nSPS) is 23.9. The first-order chi connectivity index (χ1) is 8.90. The van der Waals surface area contributed by atoms with Crippen LogP contribution in [0, 0.1) is 0 Å². The molecule has 0 unspecified atom stereocenters. The number of fused-ring (bicyclic) bond motifs is 1. The van der Waals surface area contributed by atoms with E-state index in [1.165, 1.54) is 37.1 Å². The Morgan fingerprint density at radius 3 is 2.94 bits per heavy atom. The summed E-state index contributed by atoms with van der Waals surface area (Å²) in [6, 6.07) is 6.96. The van der Waals surface area contributed by atoms with Crippen molar-refractivity contribution in [2.75, 3.05) is 26.2 Å². The van der Waals surface area contributed by atoms with Crippen LogP contribution in [0.3, 0.4) is 0 Å². The number of ether oxygens (including phenoxy) is 1. The van der Waals surface area contributed by atoms with E-state index in [1.807, 2.05) is 0 Å². The molecule has 0 amide bonds. The van der Waals surface area contributed by atoms with E-state index in [1.54, 1.807) is 0 Å². The van der Waals surface area contributed by atoms with Gasteiger partial charge in [0, 0.05) is 18.7 Å². The van der Waals surface area contributed by atoms with E-state index in [2.05, 4.69) is 35.3 Å². The van der Waals surface area contributed by atoms with Gasteiger partial charge in [-0.15, -0.1) is 0 Å². The van der Waals surface area contributed by atoms with Gasteiger partial charge in [0.1, 0.15) is 5.75 Å². The van der Waals surface area contributed by atoms with Crippen molar-refractivity contribution in [2.24, 2.45) is 0 Å². The minimum Gasteiger partial charge on any atom is -0.494 e. The predicted octanol–water partition coefficient (Wildman–Crippen LogP) is 2.33. The van der Waals surface area contributed by atoms with Gasteiger partial charge < -0.3 is 10.1 Å². The highest BCUT2D eigenvalue weighted by Gasteiger charge is 2.30. The van der Waals surface area contributed by atoms with Gasteiger partial charge in [-0.25, -0.2) is 0 Å². The summed E-state index contributed by atoms with van der Waals surface area (Å²) in [7, 11) is 0. The van der Waals surface area contributed by atoms with E-state index >= 15 is 0 Å². The first-order valence-corrected chi connectivity index (χ1v) is 7.09. The zero-order chi connectivity index (χ0) is 12.4. The van der Waals surface area contributed by atoms with Crippen LogP contribution in [-0.4, -0.2) is 31.1 Å². The summed E-state index contributed by atoms with van der Waals surface area (Å²) in [5, 5.41) is 3.54. The van der Waals surface area contributed by atoms with Crippen LogP contribution < -0.4 is 10.1 Å². The van der Waals surface area contributed by atoms with Gasteiger partial charge in [-0.3, -0.25) is 4.90 Å². The minimum absolute atomic E-state index is 0.499. The Labute approximate surface area is 109 Å². The molecule has 1 fully saturated rings. The minimum atomic E-state index is 0.499. The fourth-order valence-electron chi connectivity index (χ4n) is 3.21. The molecule has 1 saturated heterocycles. The summed E-state index contributed by atoms with van der Waals surface area (Å²) in [5.74, 6) is 1.09. The molecule has 3 heteroatoms. The first kappa shape index (κ1) is 12.0. The van der Waals surface area contributed by atoms with Crippen molar-refractivity contribution < 1.29 is 4.74 Å². The van der Waals surface area contributed by atoms with Crippen LogP contribution in [0.4, 0.5) is 0 Å². The Morgan fingerprint density at radius 2 is 2.17 bits per heavy atom. The van der Waals surface area contributed by atoms with E-state index in [9.17, 15) is 0 Å². The van der Waals surface area contributed by atoms with Crippen LogP contribution >= 0.6 is 0 Å².